The van der Waals surface area contributed by atoms with Crippen LogP contribution in [0.15, 0.2) is 77.4 Å². The summed E-state index contributed by atoms with van der Waals surface area (Å²) >= 11 is 13.7. The molecule has 0 saturated heterocycles. The molecule has 0 unspecified atom stereocenters. The second-order valence-electron chi connectivity index (χ2n) is 6.97. The van der Waals surface area contributed by atoms with Crippen molar-refractivity contribution in [1.29, 1.82) is 0 Å². The van der Waals surface area contributed by atoms with E-state index in [0.717, 1.165) is 21.5 Å². The van der Waals surface area contributed by atoms with E-state index in [1.165, 1.54) is 11.3 Å². The van der Waals surface area contributed by atoms with Gasteiger partial charge in [0.1, 0.15) is 17.3 Å². The predicted molar refractivity (Wildman–Crippen MR) is 131 cm³/mol. The van der Waals surface area contributed by atoms with Crippen LogP contribution in [0.4, 0.5) is 5.13 Å². The van der Waals surface area contributed by atoms with Crippen molar-refractivity contribution in [2.75, 3.05) is 12.0 Å². The molecule has 0 fully saturated rings. The number of hydrogen-bond donors (Lipinski definition) is 0. The highest BCUT2D eigenvalue weighted by Crippen LogP contribution is 2.36. The molecule has 0 N–H and O–H groups in total. The summed E-state index contributed by atoms with van der Waals surface area (Å²) in [5, 5.41) is 1.50. The zero-order chi connectivity index (χ0) is 22.2. The van der Waals surface area contributed by atoms with Crippen molar-refractivity contribution in [3.05, 3.63) is 93.6 Å². The normalized spacial score (nSPS) is 15.0. The Balaban J connectivity index is 1.63. The first-order chi connectivity index (χ1) is 15.5. The molecule has 158 valence electrons. The zero-order valence-corrected chi connectivity index (χ0v) is 19.1. The number of nitrogens with zero attached hydrogens (tertiary/aromatic N) is 3. The van der Waals surface area contributed by atoms with E-state index in [2.05, 4.69) is 9.98 Å². The van der Waals surface area contributed by atoms with E-state index in [0.29, 0.717) is 26.6 Å². The molecule has 1 aromatic heterocycles. The minimum atomic E-state index is -0.277. The first kappa shape index (κ1) is 20.7. The topological polar surface area (TPSA) is 54.8 Å². The summed E-state index contributed by atoms with van der Waals surface area (Å²) in [4.78, 5) is 24.4. The van der Waals surface area contributed by atoms with Crippen molar-refractivity contribution < 1.29 is 9.53 Å². The molecule has 0 aliphatic carbocycles. The Labute approximate surface area is 198 Å². The van der Waals surface area contributed by atoms with Gasteiger partial charge in [0, 0.05) is 15.6 Å². The number of ether oxygens (including phenoxy) is 1. The monoisotopic (exact) mass is 479 g/mol. The summed E-state index contributed by atoms with van der Waals surface area (Å²) in [5.74, 6) is 0.967. The third-order valence-electron chi connectivity index (χ3n) is 4.92. The number of carbonyl (C=O) groups is 1. The molecule has 1 amide bonds. The Kier molecular flexibility index (Phi) is 5.43. The minimum Gasteiger partial charge on any atom is -0.497 e. The van der Waals surface area contributed by atoms with E-state index in [1.807, 2.05) is 48.5 Å². The van der Waals surface area contributed by atoms with E-state index >= 15 is 0 Å². The molecule has 3 aromatic carbocycles. The Morgan fingerprint density at radius 3 is 2.59 bits per heavy atom. The summed E-state index contributed by atoms with van der Waals surface area (Å²) in [5.41, 5.74) is 2.52. The Hall–Kier alpha value is -3.19. The second-order valence-corrected chi connectivity index (χ2v) is 8.82. The van der Waals surface area contributed by atoms with Crippen molar-refractivity contribution in [1.82, 2.24) is 4.98 Å². The zero-order valence-electron chi connectivity index (χ0n) is 16.8. The molecule has 1 aliphatic heterocycles. The van der Waals surface area contributed by atoms with Crippen LogP contribution in [0.25, 0.3) is 16.3 Å². The first-order valence-electron chi connectivity index (χ1n) is 9.63. The fourth-order valence-corrected chi connectivity index (χ4v) is 4.81. The lowest BCUT2D eigenvalue weighted by molar-refractivity contribution is -0.113. The number of aromatic nitrogens is 1. The van der Waals surface area contributed by atoms with Crippen LogP contribution in [0.1, 0.15) is 11.1 Å². The van der Waals surface area contributed by atoms with E-state index in [4.69, 9.17) is 27.9 Å². The second kappa shape index (κ2) is 8.39. The van der Waals surface area contributed by atoms with E-state index < -0.39 is 0 Å². The molecule has 0 spiro atoms. The number of fused-ring (bicyclic) bond motifs is 1. The van der Waals surface area contributed by atoms with Gasteiger partial charge in [0.25, 0.3) is 5.91 Å². The van der Waals surface area contributed by atoms with Gasteiger partial charge < -0.3 is 4.74 Å². The molecule has 0 radical (unpaired) electrons. The lowest BCUT2D eigenvalue weighted by Gasteiger charge is -2.14. The number of hydrogen-bond acceptors (Lipinski definition) is 5. The number of methoxy groups -OCH3 is 1. The van der Waals surface area contributed by atoms with Crippen molar-refractivity contribution in [3.63, 3.8) is 0 Å². The van der Waals surface area contributed by atoms with Gasteiger partial charge in [-0.25, -0.2) is 14.9 Å². The molecule has 0 saturated carbocycles. The summed E-state index contributed by atoms with van der Waals surface area (Å²) in [6.07, 6.45) is 1.67. The largest absolute Gasteiger partial charge is 0.497 e. The maximum atomic E-state index is 13.5. The van der Waals surface area contributed by atoms with Gasteiger partial charge in [0.15, 0.2) is 5.13 Å². The van der Waals surface area contributed by atoms with Gasteiger partial charge in [0.2, 0.25) is 0 Å². The third-order valence-corrected chi connectivity index (χ3v) is 6.49. The standard InChI is InChI=1S/C24H15Cl2N3O2S/c1-31-17-9-10-19-21(13-17)32-24(28-19)29-22(14-5-3-2-4-6-14)27-20(23(29)30)11-15-7-8-16(25)12-18(15)26/h2-13H,1H3/b20-11+. The van der Waals surface area contributed by atoms with Crippen LogP contribution in [0.2, 0.25) is 10.0 Å². The van der Waals surface area contributed by atoms with Crippen molar-refractivity contribution >= 4 is 67.7 Å². The van der Waals surface area contributed by atoms with E-state index in [1.54, 1.807) is 36.3 Å². The molecule has 0 atom stereocenters. The van der Waals surface area contributed by atoms with E-state index in [9.17, 15) is 4.79 Å². The van der Waals surface area contributed by atoms with Gasteiger partial charge in [-0.15, -0.1) is 0 Å². The average molecular weight is 480 g/mol. The molecule has 8 heteroatoms. The number of amidine groups is 1. The average Bonchev–Trinajstić information content (AvgIpc) is 3.36. The van der Waals surface area contributed by atoms with Crippen molar-refractivity contribution in [2.45, 2.75) is 0 Å². The molecule has 0 bridgehead atoms. The Morgan fingerprint density at radius 1 is 1.03 bits per heavy atom. The SMILES string of the molecule is COc1ccc2nc(N3C(=O)/C(=C\c4ccc(Cl)cc4Cl)N=C3c3ccccc3)sc2c1. The number of aliphatic imine (C=N–C) groups is 1. The number of carbonyl (C=O) groups excluding carboxylic acids is 1. The van der Waals surface area contributed by atoms with Gasteiger partial charge >= 0.3 is 0 Å². The highest BCUT2D eigenvalue weighted by atomic mass is 35.5. The molecule has 5 rings (SSSR count). The van der Waals surface area contributed by atoms with Crippen LogP contribution in [0, 0.1) is 0 Å². The number of amides is 1. The molecule has 32 heavy (non-hydrogen) atoms. The van der Waals surface area contributed by atoms with E-state index in [-0.39, 0.29) is 11.6 Å². The maximum absolute atomic E-state index is 13.5. The molecular formula is C24H15Cl2N3O2S. The lowest BCUT2D eigenvalue weighted by atomic mass is 10.2. The number of benzene rings is 3. The summed E-state index contributed by atoms with van der Waals surface area (Å²) in [6, 6.07) is 20.3. The molecule has 2 heterocycles. The van der Waals surface area contributed by atoms with Gasteiger partial charge in [0.05, 0.1) is 17.3 Å². The van der Waals surface area contributed by atoms with Crippen molar-refractivity contribution in [3.8, 4) is 5.75 Å². The highest BCUT2D eigenvalue weighted by molar-refractivity contribution is 7.22. The van der Waals surface area contributed by atoms with Crippen LogP contribution < -0.4 is 9.64 Å². The summed E-state index contributed by atoms with van der Waals surface area (Å²) < 4.78 is 6.23. The lowest BCUT2D eigenvalue weighted by Crippen LogP contribution is -2.32. The maximum Gasteiger partial charge on any atom is 0.284 e. The fourth-order valence-electron chi connectivity index (χ4n) is 3.36. The highest BCUT2D eigenvalue weighted by Gasteiger charge is 2.34. The molecule has 4 aromatic rings. The smallest absolute Gasteiger partial charge is 0.284 e. The summed E-state index contributed by atoms with van der Waals surface area (Å²) in [6.45, 7) is 0. The molecule has 5 nitrogen and oxygen atoms in total. The van der Waals surface area contributed by atoms with Crippen LogP contribution in [0.3, 0.4) is 0 Å². The quantitative estimate of drug-likeness (QED) is 0.316. The molecular weight excluding hydrogens is 465 g/mol. The third kappa shape index (κ3) is 3.77. The fraction of sp³-hybridized carbons (Fsp3) is 0.0417. The van der Waals surface area contributed by atoms with Gasteiger partial charge in [-0.05, 0) is 42.0 Å². The number of halogens is 2. The van der Waals surface area contributed by atoms with Crippen LogP contribution in [-0.2, 0) is 4.79 Å². The van der Waals surface area contributed by atoms with Crippen LogP contribution >= 0.6 is 34.5 Å². The van der Waals surface area contributed by atoms with Crippen molar-refractivity contribution in [2.24, 2.45) is 4.99 Å². The molecule has 1 aliphatic rings. The predicted octanol–water partition coefficient (Wildman–Crippen LogP) is 6.45. The minimum absolute atomic E-state index is 0.268. The van der Waals surface area contributed by atoms with Gasteiger partial charge in [-0.1, -0.05) is 70.9 Å². The number of rotatable bonds is 4. The van der Waals surface area contributed by atoms with Gasteiger partial charge in [-0.3, -0.25) is 4.79 Å². The van der Waals surface area contributed by atoms with Crippen LogP contribution in [0.5, 0.6) is 5.75 Å². The Bertz CT molecular complexity index is 1410. The Morgan fingerprint density at radius 2 is 1.84 bits per heavy atom. The number of thiazole rings is 1. The first-order valence-corrected chi connectivity index (χ1v) is 11.2. The van der Waals surface area contributed by atoms with Gasteiger partial charge in [-0.2, -0.15) is 0 Å². The summed E-state index contributed by atoms with van der Waals surface area (Å²) in [7, 11) is 1.62. The number of anilines is 1. The van der Waals surface area contributed by atoms with Crippen LogP contribution in [-0.4, -0.2) is 23.8 Å².